The monoisotopic (exact) mass is 690 g/mol. The Morgan fingerprint density at radius 2 is 1.64 bits per heavy atom. The Kier molecular flexibility index (Phi) is 14.6. The van der Waals surface area contributed by atoms with E-state index in [0.717, 1.165) is 38.0 Å². The zero-order valence-electron chi connectivity index (χ0n) is 30.0. The average Bonchev–Trinajstić information content (AvgIpc) is 3.62. The van der Waals surface area contributed by atoms with Gasteiger partial charge in [0.2, 0.25) is 23.6 Å². The second kappa shape index (κ2) is 19.1. The molecule has 2 aliphatic rings. The lowest BCUT2D eigenvalue weighted by atomic mass is 10.0. The molecule has 0 unspecified atom stereocenters. The van der Waals surface area contributed by atoms with Crippen LogP contribution >= 0.6 is 0 Å². The van der Waals surface area contributed by atoms with Crippen LogP contribution in [0.1, 0.15) is 68.3 Å². The summed E-state index contributed by atoms with van der Waals surface area (Å²) in [6.45, 7) is 7.32. The molecule has 2 aliphatic heterocycles. The maximum Gasteiger partial charge on any atom is 0.255 e. The first kappa shape index (κ1) is 38.4. The van der Waals surface area contributed by atoms with Crippen molar-refractivity contribution in [3.8, 4) is 5.75 Å². The number of nitrogens with one attached hydrogen (secondary N) is 3. The summed E-state index contributed by atoms with van der Waals surface area (Å²) in [5.74, 6) is -1.97. The lowest BCUT2D eigenvalue weighted by Crippen LogP contribution is -2.54. The van der Waals surface area contributed by atoms with Crippen molar-refractivity contribution in [3.63, 3.8) is 0 Å². The fourth-order valence-corrected chi connectivity index (χ4v) is 6.45. The Balaban J connectivity index is 1.59. The molecule has 5 amide bonds. The third-order valence-corrected chi connectivity index (χ3v) is 9.26. The van der Waals surface area contributed by atoms with E-state index < -0.39 is 35.8 Å². The molecule has 12 nitrogen and oxygen atoms in total. The first-order valence-electron chi connectivity index (χ1n) is 17.9. The van der Waals surface area contributed by atoms with E-state index in [1.54, 1.807) is 31.3 Å². The number of unbranched alkanes of at least 4 members (excludes halogenated alkanes) is 1. The number of para-hydroxylation sites is 1. The maximum absolute atomic E-state index is 13.8. The van der Waals surface area contributed by atoms with Crippen LogP contribution in [0.25, 0.3) is 0 Å². The smallest absolute Gasteiger partial charge is 0.255 e. The minimum atomic E-state index is -1.19. The van der Waals surface area contributed by atoms with Gasteiger partial charge in [-0.05, 0) is 81.8 Å². The van der Waals surface area contributed by atoms with Gasteiger partial charge in [-0.1, -0.05) is 56.3 Å². The molecule has 0 aromatic heterocycles. The lowest BCUT2D eigenvalue weighted by Gasteiger charge is -2.32. The van der Waals surface area contributed by atoms with Crippen molar-refractivity contribution in [3.05, 3.63) is 65.7 Å². The highest BCUT2D eigenvalue weighted by atomic mass is 16.5. The lowest BCUT2D eigenvalue weighted by molar-refractivity contribution is -0.146. The van der Waals surface area contributed by atoms with E-state index >= 15 is 0 Å². The SMILES string of the molecule is CC(C)C[C@H]1C(=O)N(C)CC(=O)N[C@H](Cc2ccccc2)COc2ccccc2C(=O)N[C@H](C(=O)NCCCCN2CCCC2)CC(=O)N1C. The van der Waals surface area contributed by atoms with Crippen LogP contribution in [0, 0.1) is 5.92 Å². The molecule has 2 heterocycles. The van der Waals surface area contributed by atoms with Gasteiger partial charge in [0.05, 0.1) is 24.6 Å². The van der Waals surface area contributed by atoms with Crippen molar-refractivity contribution in [2.75, 3.05) is 53.4 Å². The minimum Gasteiger partial charge on any atom is -0.491 e. The van der Waals surface area contributed by atoms with Crippen LogP contribution < -0.4 is 20.7 Å². The van der Waals surface area contributed by atoms with Crippen molar-refractivity contribution in [2.24, 2.45) is 5.92 Å². The molecule has 0 spiro atoms. The van der Waals surface area contributed by atoms with Gasteiger partial charge in [0.25, 0.3) is 5.91 Å². The molecule has 3 N–H and O–H groups in total. The Labute approximate surface area is 296 Å². The van der Waals surface area contributed by atoms with Crippen molar-refractivity contribution in [1.29, 1.82) is 0 Å². The second-order valence-corrected chi connectivity index (χ2v) is 13.9. The quantitative estimate of drug-likeness (QED) is 0.326. The Hall–Kier alpha value is -4.45. The minimum absolute atomic E-state index is 0.0428. The van der Waals surface area contributed by atoms with Crippen molar-refractivity contribution >= 4 is 29.5 Å². The van der Waals surface area contributed by atoms with Crippen LogP contribution in [0.5, 0.6) is 5.75 Å². The summed E-state index contributed by atoms with van der Waals surface area (Å²) in [6.07, 6.45) is 4.59. The number of likely N-dealkylation sites (N-methyl/N-ethyl adjacent to an activating group) is 2. The highest BCUT2D eigenvalue weighted by Crippen LogP contribution is 2.20. The van der Waals surface area contributed by atoms with Gasteiger partial charge < -0.3 is 35.4 Å². The number of hydrogen-bond acceptors (Lipinski definition) is 7. The molecule has 2 aromatic rings. The standard InChI is InChI=1S/C38H54N6O6/c1-27(2)22-32-38(49)42(3)25-34(45)40-29(23-28-14-6-5-7-15-28)26-50-33-17-9-8-16-30(33)36(47)41-31(24-35(46)43(32)4)37(48)39-18-10-11-19-44-20-12-13-21-44/h5-9,14-17,27,29,31-32H,10-13,18-26H2,1-4H3,(H,39,48)(H,40,45)(H,41,47)/t29-,31+,32+/m1/s1. The van der Waals surface area contributed by atoms with Gasteiger partial charge in [0.1, 0.15) is 24.4 Å². The molecule has 12 heteroatoms. The van der Waals surface area contributed by atoms with Crippen LogP contribution in [0.3, 0.4) is 0 Å². The number of fused-ring (bicyclic) bond motifs is 1. The predicted octanol–water partition coefficient (Wildman–Crippen LogP) is 2.62. The van der Waals surface area contributed by atoms with E-state index in [9.17, 15) is 24.0 Å². The Morgan fingerprint density at radius 1 is 0.940 bits per heavy atom. The van der Waals surface area contributed by atoms with Crippen molar-refractivity contribution in [2.45, 2.75) is 76.9 Å². The number of carbonyl (C=O) groups is 5. The first-order valence-corrected chi connectivity index (χ1v) is 17.9. The predicted molar refractivity (Wildman–Crippen MR) is 191 cm³/mol. The third-order valence-electron chi connectivity index (χ3n) is 9.26. The van der Waals surface area contributed by atoms with E-state index in [-0.39, 0.29) is 48.6 Å². The van der Waals surface area contributed by atoms with Crippen LogP contribution in [0.4, 0.5) is 0 Å². The zero-order valence-corrected chi connectivity index (χ0v) is 30.0. The molecule has 2 aromatic carbocycles. The van der Waals surface area contributed by atoms with Crippen LogP contribution in [0.2, 0.25) is 0 Å². The van der Waals surface area contributed by atoms with Crippen LogP contribution in [-0.4, -0.2) is 116 Å². The molecule has 0 aliphatic carbocycles. The summed E-state index contributed by atoms with van der Waals surface area (Å²) in [6, 6.07) is 13.8. The highest BCUT2D eigenvalue weighted by molar-refractivity contribution is 6.01. The van der Waals surface area contributed by atoms with Gasteiger partial charge >= 0.3 is 0 Å². The molecular weight excluding hydrogens is 636 g/mol. The van der Waals surface area contributed by atoms with Crippen molar-refractivity contribution < 1.29 is 28.7 Å². The largest absolute Gasteiger partial charge is 0.491 e. The van der Waals surface area contributed by atoms with Crippen molar-refractivity contribution in [1.82, 2.24) is 30.7 Å². The zero-order chi connectivity index (χ0) is 36.0. The summed E-state index contributed by atoms with van der Waals surface area (Å²) in [4.78, 5) is 73.3. The van der Waals surface area contributed by atoms with Gasteiger partial charge in [0.15, 0.2) is 0 Å². The molecule has 1 fully saturated rings. The summed E-state index contributed by atoms with van der Waals surface area (Å²) in [7, 11) is 3.07. The number of rotatable bonds is 10. The number of carbonyl (C=O) groups excluding carboxylic acids is 5. The average molecular weight is 691 g/mol. The maximum atomic E-state index is 13.8. The van der Waals surface area contributed by atoms with Crippen LogP contribution in [-0.2, 0) is 25.6 Å². The fraction of sp³-hybridized carbons (Fsp3) is 0.553. The van der Waals surface area contributed by atoms with Gasteiger partial charge in [-0.15, -0.1) is 0 Å². The normalized spacial score (nSPS) is 21.7. The van der Waals surface area contributed by atoms with Crippen LogP contribution in [0.15, 0.2) is 54.6 Å². The third kappa shape index (κ3) is 11.6. The summed E-state index contributed by atoms with van der Waals surface area (Å²) >= 11 is 0. The summed E-state index contributed by atoms with van der Waals surface area (Å²) < 4.78 is 6.16. The summed E-state index contributed by atoms with van der Waals surface area (Å²) in [5.41, 5.74) is 1.17. The first-order chi connectivity index (χ1) is 24.0. The summed E-state index contributed by atoms with van der Waals surface area (Å²) in [5, 5.41) is 8.70. The molecule has 0 saturated carbocycles. The Bertz CT molecular complexity index is 1450. The number of benzene rings is 2. The van der Waals surface area contributed by atoms with E-state index in [1.165, 1.54) is 29.7 Å². The number of hydrogen-bond donors (Lipinski definition) is 3. The molecule has 0 bridgehead atoms. The van der Waals surface area contributed by atoms with Gasteiger partial charge in [-0.3, -0.25) is 24.0 Å². The van der Waals surface area contributed by atoms with E-state index in [4.69, 9.17) is 4.74 Å². The molecule has 4 rings (SSSR count). The van der Waals surface area contributed by atoms with E-state index in [2.05, 4.69) is 20.9 Å². The van der Waals surface area contributed by atoms with Gasteiger partial charge in [-0.25, -0.2) is 0 Å². The number of likely N-dealkylation sites (tertiary alicyclic amines) is 1. The molecule has 0 radical (unpaired) electrons. The van der Waals surface area contributed by atoms with E-state index in [0.29, 0.717) is 19.4 Å². The number of nitrogens with zero attached hydrogens (tertiary/aromatic N) is 3. The second-order valence-electron chi connectivity index (χ2n) is 13.9. The topological polar surface area (TPSA) is 140 Å². The van der Waals surface area contributed by atoms with Gasteiger partial charge in [0, 0.05) is 20.6 Å². The van der Waals surface area contributed by atoms with E-state index in [1.807, 2.05) is 44.2 Å². The fourth-order valence-electron chi connectivity index (χ4n) is 6.45. The van der Waals surface area contributed by atoms with Gasteiger partial charge in [-0.2, -0.15) is 0 Å². The molecule has 50 heavy (non-hydrogen) atoms. The highest BCUT2D eigenvalue weighted by Gasteiger charge is 2.34. The molecule has 1 saturated heterocycles. The Morgan fingerprint density at radius 3 is 2.36 bits per heavy atom. The number of ether oxygens (including phenoxy) is 1. The molecule has 272 valence electrons. The molecular formula is C38H54N6O6. The number of amides is 5. The molecule has 3 atom stereocenters.